The van der Waals surface area contributed by atoms with Crippen LogP contribution in [0.15, 0.2) is 30.6 Å². The van der Waals surface area contributed by atoms with E-state index in [0.29, 0.717) is 5.33 Å². The van der Waals surface area contributed by atoms with Crippen molar-refractivity contribution in [1.29, 1.82) is 0 Å². The summed E-state index contributed by atoms with van der Waals surface area (Å²) in [4.78, 5) is 1.39. The fourth-order valence-electron chi connectivity index (χ4n) is 2.34. The van der Waals surface area contributed by atoms with Gasteiger partial charge in [0.15, 0.2) is 6.29 Å². The lowest BCUT2D eigenvalue weighted by molar-refractivity contribution is -0.0854. The van der Waals surface area contributed by atoms with E-state index in [9.17, 15) is 8.78 Å². The fourth-order valence-corrected chi connectivity index (χ4v) is 2.66. The highest BCUT2D eigenvalue weighted by molar-refractivity contribution is 9.09. The highest BCUT2D eigenvalue weighted by Crippen LogP contribution is 2.37. The van der Waals surface area contributed by atoms with Gasteiger partial charge >= 0.3 is 0 Å². The SMILES string of the molecule is Fc1ccc([C@]2(Cn3nccn3)CO[C@@H](CBr)O2)c(F)c1. The molecule has 1 saturated heterocycles. The highest BCUT2D eigenvalue weighted by Gasteiger charge is 2.45. The Labute approximate surface area is 128 Å². The monoisotopic (exact) mass is 359 g/mol. The van der Waals surface area contributed by atoms with Gasteiger partial charge in [-0.2, -0.15) is 15.0 Å². The smallest absolute Gasteiger partial charge is 0.168 e. The number of nitrogens with zero attached hydrogens (tertiary/aromatic N) is 3. The third-order valence-corrected chi connectivity index (χ3v) is 3.80. The zero-order valence-corrected chi connectivity index (χ0v) is 12.5. The molecule has 2 atom stereocenters. The number of benzene rings is 1. The predicted molar refractivity (Wildman–Crippen MR) is 72.7 cm³/mol. The molecule has 0 unspecified atom stereocenters. The van der Waals surface area contributed by atoms with Gasteiger partial charge in [-0.3, -0.25) is 0 Å². The summed E-state index contributed by atoms with van der Waals surface area (Å²) < 4.78 is 38.7. The Morgan fingerprint density at radius 1 is 1.33 bits per heavy atom. The van der Waals surface area contributed by atoms with E-state index in [1.807, 2.05) is 0 Å². The van der Waals surface area contributed by atoms with Gasteiger partial charge in [0, 0.05) is 11.6 Å². The maximum absolute atomic E-state index is 14.2. The van der Waals surface area contributed by atoms with Crippen molar-refractivity contribution in [2.75, 3.05) is 11.9 Å². The van der Waals surface area contributed by atoms with Crippen LogP contribution >= 0.6 is 15.9 Å². The molecule has 112 valence electrons. The van der Waals surface area contributed by atoms with Crippen LogP contribution in [0, 0.1) is 11.6 Å². The number of hydrogen-bond donors (Lipinski definition) is 0. The van der Waals surface area contributed by atoms with Gasteiger partial charge in [0.1, 0.15) is 17.2 Å². The predicted octanol–water partition coefficient (Wildman–Crippen LogP) is 2.22. The van der Waals surface area contributed by atoms with Crippen LogP contribution in [0.2, 0.25) is 0 Å². The Bertz CT molecular complexity index is 626. The molecule has 0 aliphatic carbocycles. The van der Waals surface area contributed by atoms with Crippen molar-refractivity contribution >= 4 is 15.9 Å². The topological polar surface area (TPSA) is 49.2 Å². The molecule has 1 fully saturated rings. The lowest BCUT2D eigenvalue weighted by Gasteiger charge is -2.27. The van der Waals surface area contributed by atoms with Gasteiger partial charge in [-0.15, -0.1) is 0 Å². The molecule has 2 heterocycles. The first-order valence-corrected chi connectivity index (χ1v) is 7.40. The van der Waals surface area contributed by atoms with E-state index < -0.39 is 23.5 Å². The Hall–Kier alpha value is -1.38. The third kappa shape index (κ3) is 2.83. The number of rotatable bonds is 4. The molecule has 3 rings (SSSR count). The minimum atomic E-state index is -1.09. The molecule has 0 amide bonds. The molecule has 1 aliphatic heterocycles. The summed E-state index contributed by atoms with van der Waals surface area (Å²) in [6.07, 6.45) is 2.53. The van der Waals surface area contributed by atoms with Crippen molar-refractivity contribution in [2.24, 2.45) is 0 Å². The van der Waals surface area contributed by atoms with Crippen molar-refractivity contribution in [1.82, 2.24) is 15.0 Å². The van der Waals surface area contributed by atoms with E-state index in [-0.39, 0.29) is 18.7 Å². The molecule has 1 aromatic carbocycles. The van der Waals surface area contributed by atoms with Crippen LogP contribution in [-0.4, -0.2) is 33.2 Å². The van der Waals surface area contributed by atoms with Gasteiger partial charge < -0.3 is 9.47 Å². The van der Waals surface area contributed by atoms with E-state index in [1.54, 1.807) is 0 Å². The molecule has 5 nitrogen and oxygen atoms in total. The molecular formula is C13H12BrF2N3O2. The number of alkyl halides is 1. The zero-order chi connectivity index (χ0) is 14.9. The first kappa shape index (κ1) is 14.6. The van der Waals surface area contributed by atoms with Gasteiger partial charge in [0.25, 0.3) is 0 Å². The minimum Gasteiger partial charge on any atom is -0.348 e. The second-order valence-electron chi connectivity index (χ2n) is 4.69. The maximum Gasteiger partial charge on any atom is 0.168 e. The summed E-state index contributed by atoms with van der Waals surface area (Å²) in [5.41, 5.74) is -0.862. The van der Waals surface area contributed by atoms with Crippen LogP contribution in [0.1, 0.15) is 5.56 Å². The average Bonchev–Trinajstić information content (AvgIpc) is 3.09. The molecule has 8 heteroatoms. The Morgan fingerprint density at radius 3 is 2.71 bits per heavy atom. The van der Waals surface area contributed by atoms with Crippen molar-refractivity contribution in [2.45, 2.75) is 18.4 Å². The van der Waals surface area contributed by atoms with Crippen LogP contribution < -0.4 is 0 Å². The van der Waals surface area contributed by atoms with Crippen molar-refractivity contribution in [3.05, 3.63) is 47.8 Å². The Kier molecular flexibility index (Phi) is 4.01. The van der Waals surface area contributed by atoms with Gasteiger partial charge in [-0.1, -0.05) is 22.0 Å². The van der Waals surface area contributed by atoms with Gasteiger partial charge in [-0.05, 0) is 6.07 Å². The molecular weight excluding hydrogens is 348 g/mol. The van der Waals surface area contributed by atoms with E-state index in [1.165, 1.54) is 29.3 Å². The first-order valence-electron chi connectivity index (χ1n) is 6.28. The fraction of sp³-hybridized carbons (Fsp3) is 0.385. The minimum absolute atomic E-state index is 0.132. The van der Waals surface area contributed by atoms with Crippen LogP contribution in [-0.2, 0) is 21.6 Å². The van der Waals surface area contributed by atoms with Crippen molar-refractivity contribution < 1.29 is 18.3 Å². The number of aromatic nitrogens is 3. The summed E-state index contributed by atoms with van der Waals surface area (Å²) >= 11 is 3.27. The first-order chi connectivity index (χ1) is 10.1. The summed E-state index contributed by atoms with van der Waals surface area (Å²) in [6, 6.07) is 3.40. The van der Waals surface area contributed by atoms with Crippen LogP contribution in [0.5, 0.6) is 0 Å². The quantitative estimate of drug-likeness (QED) is 0.785. The summed E-state index contributed by atoms with van der Waals surface area (Å²) in [6.45, 7) is 0.305. The molecule has 1 aromatic heterocycles. The van der Waals surface area contributed by atoms with Crippen molar-refractivity contribution in [3.63, 3.8) is 0 Å². The van der Waals surface area contributed by atoms with Gasteiger partial charge in [0.05, 0.1) is 30.9 Å². The lowest BCUT2D eigenvalue weighted by atomic mass is 9.94. The van der Waals surface area contributed by atoms with E-state index in [2.05, 4.69) is 26.1 Å². The molecule has 0 spiro atoms. The van der Waals surface area contributed by atoms with Crippen molar-refractivity contribution in [3.8, 4) is 0 Å². The molecule has 0 saturated carbocycles. The van der Waals surface area contributed by atoms with Crippen LogP contribution in [0.4, 0.5) is 8.78 Å². The van der Waals surface area contributed by atoms with Crippen LogP contribution in [0.3, 0.4) is 0 Å². The largest absolute Gasteiger partial charge is 0.348 e. The second-order valence-corrected chi connectivity index (χ2v) is 5.34. The number of hydrogen-bond acceptors (Lipinski definition) is 4. The zero-order valence-electron chi connectivity index (χ0n) is 10.9. The van der Waals surface area contributed by atoms with Gasteiger partial charge in [-0.25, -0.2) is 8.78 Å². The molecule has 1 aliphatic rings. The van der Waals surface area contributed by atoms with E-state index >= 15 is 0 Å². The average molecular weight is 360 g/mol. The molecule has 0 N–H and O–H groups in total. The van der Waals surface area contributed by atoms with Crippen LogP contribution in [0.25, 0.3) is 0 Å². The summed E-state index contributed by atoms with van der Waals surface area (Å²) in [7, 11) is 0. The number of ether oxygens (including phenoxy) is 2. The maximum atomic E-state index is 14.2. The standard InChI is InChI=1S/C13H12BrF2N3O2/c14-6-12-20-8-13(21-12,7-19-17-3-4-18-19)10-2-1-9(15)5-11(10)16/h1-5,12H,6-8H2/t12-,13+/m1/s1. The van der Waals surface area contributed by atoms with E-state index in [4.69, 9.17) is 9.47 Å². The summed E-state index contributed by atoms with van der Waals surface area (Å²) in [5.74, 6) is -1.32. The molecule has 0 radical (unpaired) electrons. The Balaban J connectivity index is 1.99. The highest BCUT2D eigenvalue weighted by atomic mass is 79.9. The Morgan fingerprint density at radius 2 is 2.10 bits per heavy atom. The normalized spacial score (nSPS) is 25.4. The lowest BCUT2D eigenvalue weighted by Crippen LogP contribution is -2.36. The third-order valence-electron chi connectivity index (χ3n) is 3.27. The second kappa shape index (κ2) is 5.78. The molecule has 0 bridgehead atoms. The van der Waals surface area contributed by atoms with Gasteiger partial charge in [0.2, 0.25) is 0 Å². The summed E-state index contributed by atoms with van der Waals surface area (Å²) in [5, 5.41) is 8.47. The van der Waals surface area contributed by atoms with E-state index in [0.717, 1.165) is 6.07 Å². The number of halogens is 3. The molecule has 21 heavy (non-hydrogen) atoms. The molecule has 2 aromatic rings.